The summed E-state index contributed by atoms with van der Waals surface area (Å²) in [6.07, 6.45) is 5.45. The minimum absolute atomic E-state index is 0.137. The van der Waals surface area contributed by atoms with E-state index in [0.29, 0.717) is 13.0 Å². The fourth-order valence-corrected chi connectivity index (χ4v) is 3.82. The maximum atomic E-state index is 12.0. The van der Waals surface area contributed by atoms with E-state index in [9.17, 15) is 8.42 Å². The molecule has 1 saturated heterocycles. The van der Waals surface area contributed by atoms with E-state index in [2.05, 4.69) is 9.68 Å². The summed E-state index contributed by atoms with van der Waals surface area (Å²) in [6, 6.07) is 0.146. The average Bonchev–Trinajstić information content (AvgIpc) is 2.85. The molecule has 0 aliphatic carbocycles. The van der Waals surface area contributed by atoms with Gasteiger partial charge < -0.3 is 4.52 Å². The fraction of sp³-hybridized carbons (Fsp3) is 0.700. The van der Waals surface area contributed by atoms with Gasteiger partial charge in [-0.05, 0) is 26.2 Å². The number of nitrogens with zero attached hydrogens (tertiary/aromatic N) is 2. The normalized spacial score (nSPS) is 22.7. The first-order valence-electron chi connectivity index (χ1n) is 5.47. The van der Waals surface area contributed by atoms with Crippen LogP contribution in [0.15, 0.2) is 17.0 Å². The summed E-state index contributed by atoms with van der Waals surface area (Å²) in [5, 5.41) is 3.55. The van der Waals surface area contributed by atoms with Gasteiger partial charge in [0.05, 0.1) is 11.9 Å². The fourth-order valence-electron chi connectivity index (χ4n) is 2.03. The van der Waals surface area contributed by atoms with Crippen molar-refractivity contribution in [1.29, 1.82) is 0 Å². The molecule has 6 heteroatoms. The van der Waals surface area contributed by atoms with Crippen LogP contribution in [-0.2, 0) is 16.4 Å². The van der Waals surface area contributed by atoms with Crippen LogP contribution >= 0.6 is 0 Å². The van der Waals surface area contributed by atoms with Crippen molar-refractivity contribution in [3.63, 3.8) is 0 Å². The lowest BCUT2D eigenvalue weighted by Gasteiger charge is -2.20. The average molecular weight is 244 g/mol. The summed E-state index contributed by atoms with van der Waals surface area (Å²) in [6.45, 7) is 2.62. The molecule has 1 aromatic heterocycles. The molecule has 0 saturated carbocycles. The van der Waals surface area contributed by atoms with Crippen molar-refractivity contribution in [3.8, 4) is 0 Å². The molecule has 0 spiro atoms. The van der Waals surface area contributed by atoms with Gasteiger partial charge in [0, 0.05) is 18.2 Å². The van der Waals surface area contributed by atoms with Crippen molar-refractivity contribution in [2.24, 2.45) is 0 Å². The third-order valence-electron chi connectivity index (χ3n) is 2.98. The summed E-state index contributed by atoms with van der Waals surface area (Å²) in [5.74, 6) is 0.137. The number of hydrogen-bond acceptors (Lipinski definition) is 4. The lowest BCUT2D eigenvalue weighted by Crippen LogP contribution is -2.35. The Labute approximate surface area is 95.5 Å². The number of aromatic nitrogens is 1. The Balaban J connectivity index is 1.97. The van der Waals surface area contributed by atoms with Gasteiger partial charge in [-0.25, -0.2) is 8.42 Å². The van der Waals surface area contributed by atoms with Crippen molar-refractivity contribution in [2.75, 3.05) is 12.3 Å². The highest BCUT2D eigenvalue weighted by Gasteiger charge is 2.30. The standard InChI is InChI=1S/C10H16N2O3S/c1-9-3-2-5-12(9)16(13,14)6-4-10-7-11-15-8-10/h7-9H,2-6H2,1H3/t9-/m0/s1. The molecule has 0 unspecified atom stereocenters. The Bertz CT molecular complexity index is 427. The van der Waals surface area contributed by atoms with E-state index >= 15 is 0 Å². The minimum atomic E-state index is -3.12. The van der Waals surface area contributed by atoms with Gasteiger partial charge in [-0.15, -0.1) is 0 Å². The van der Waals surface area contributed by atoms with Crippen LogP contribution in [0.2, 0.25) is 0 Å². The maximum absolute atomic E-state index is 12.0. The lowest BCUT2D eigenvalue weighted by atomic mass is 10.3. The molecule has 2 heterocycles. The van der Waals surface area contributed by atoms with E-state index in [0.717, 1.165) is 18.4 Å². The zero-order valence-electron chi connectivity index (χ0n) is 9.30. The molecule has 0 N–H and O–H groups in total. The quantitative estimate of drug-likeness (QED) is 0.793. The highest BCUT2D eigenvalue weighted by atomic mass is 32.2. The van der Waals surface area contributed by atoms with Gasteiger partial charge in [0.15, 0.2) is 0 Å². The SMILES string of the molecule is C[C@H]1CCCN1S(=O)(=O)CCc1cnoc1. The zero-order chi connectivity index (χ0) is 11.6. The molecule has 1 fully saturated rings. The lowest BCUT2D eigenvalue weighted by molar-refractivity contribution is 0.408. The van der Waals surface area contributed by atoms with Crippen LogP contribution in [0.4, 0.5) is 0 Å². The largest absolute Gasteiger partial charge is 0.364 e. The summed E-state index contributed by atoms with van der Waals surface area (Å²) < 4.78 is 30.3. The van der Waals surface area contributed by atoms with Crippen molar-refractivity contribution >= 4 is 10.0 Å². The van der Waals surface area contributed by atoms with Crippen molar-refractivity contribution < 1.29 is 12.9 Å². The molecule has 0 amide bonds. The molecule has 1 atom stereocenters. The second-order valence-corrected chi connectivity index (χ2v) is 6.24. The Kier molecular flexibility index (Phi) is 3.30. The van der Waals surface area contributed by atoms with E-state index in [-0.39, 0.29) is 11.8 Å². The highest BCUT2D eigenvalue weighted by molar-refractivity contribution is 7.89. The van der Waals surface area contributed by atoms with Crippen LogP contribution in [0, 0.1) is 0 Å². The third kappa shape index (κ3) is 2.44. The van der Waals surface area contributed by atoms with Crippen LogP contribution < -0.4 is 0 Å². The van der Waals surface area contributed by atoms with E-state index in [1.807, 2.05) is 6.92 Å². The first kappa shape index (κ1) is 11.6. The van der Waals surface area contributed by atoms with Gasteiger partial charge in [-0.2, -0.15) is 4.31 Å². The number of hydrogen-bond donors (Lipinski definition) is 0. The summed E-state index contributed by atoms with van der Waals surface area (Å²) in [7, 11) is -3.12. The van der Waals surface area contributed by atoms with E-state index in [1.54, 1.807) is 10.5 Å². The Morgan fingerprint density at radius 1 is 1.62 bits per heavy atom. The molecular formula is C10H16N2O3S. The van der Waals surface area contributed by atoms with Crippen molar-refractivity contribution in [2.45, 2.75) is 32.2 Å². The van der Waals surface area contributed by atoms with Gasteiger partial charge in [-0.1, -0.05) is 5.16 Å². The van der Waals surface area contributed by atoms with Crippen LogP contribution in [-0.4, -0.2) is 36.2 Å². The van der Waals surface area contributed by atoms with E-state index < -0.39 is 10.0 Å². The third-order valence-corrected chi connectivity index (χ3v) is 4.96. The van der Waals surface area contributed by atoms with Crippen LogP contribution in [0.3, 0.4) is 0 Å². The van der Waals surface area contributed by atoms with E-state index in [1.165, 1.54) is 6.26 Å². The monoisotopic (exact) mass is 244 g/mol. The topological polar surface area (TPSA) is 63.4 Å². The van der Waals surface area contributed by atoms with Crippen LogP contribution in [0.1, 0.15) is 25.3 Å². The van der Waals surface area contributed by atoms with Gasteiger partial charge in [0.25, 0.3) is 0 Å². The predicted molar refractivity (Wildman–Crippen MR) is 59.4 cm³/mol. The molecule has 1 aliphatic heterocycles. The first-order chi connectivity index (χ1) is 7.59. The second-order valence-electron chi connectivity index (χ2n) is 4.20. The Hall–Kier alpha value is -0.880. The molecular weight excluding hydrogens is 228 g/mol. The first-order valence-corrected chi connectivity index (χ1v) is 7.08. The maximum Gasteiger partial charge on any atom is 0.214 e. The zero-order valence-corrected chi connectivity index (χ0v) is 10.1. The second kappa shape index (κ2) is 4.55. The summed E-state index contributed by atoms with van der Waals surface area (Å²) in [5.41, 5.74) is 0.829. The van der Waals surface area contributed by atoms with E-state index in [4.69, 9.17) is 0 Å². The Morgan fingerprint density at radius 2 is 2.44 bits per heavy atom. The molecule has 16 heavy (non-hydrogen) atoms. The predicted octanol–water partition coefficient (Wildman–Crippen LogP) is 1.03. The number of sulfonamides is 1. The summed E-state index contributed by atoms with van der Waals surface area (Å²) >= 11 is 0. The number of rotatable bonds is 4. The van der Waals surface area contributed by atoms with Crippen molar-refractivity contribution in [3.05, 3.63) is 18.0 Å². The molecule has 0 bridgehead atoms. The minimum Gasteiger partial charge on any atom is -0.364 e. The van der Waals surface area contributed by atoms with Crippen LogP contribution in [0.25, 0.3) is 0 Å². The molecule has 0 radical (unpaired) electrons. The van der Waals surface area contributed by atoms with Gasteiger partial charge in [0.2, 0.25) is 10.0 Å². The molecule has 1 aromatic rings. The molecule has 0 aromatic carbocycles. The Morgan fingerprint density at radius 3 is 3.00 bits per heavy atom. The van der Waals surface area contributed by atoms with Crippen molar-refractivity contribution in [1.82, 2.24) is 9.46 Å². The molecule has 5 nitrogen and oxygen atoms in total. The van der Waals surface area contributed by atoms with Crippen LogP contribution in [0.5, 0.6) is 0 Å². The number of aryl methyl sites for hydroxylation is 1. The smallest absolute Gasteiger partial charge is 0.214 e. The van der Waals surface area contributed by atoms with Gasteiger partial charge >= 0.3 is 0 Å². The summed E-state index contributed by atoms with van der Waals surface area (Å²) in [4.78, 5) is 0. The highest BCUT2D eigenvalue weighted by Crippen LogP contribution is 2.21. The molecule has 90 valence electrons. The molecule has 2 rings (SSSR count). The van der Waals surface area contributed by atoms with Gasteiger partial charge in [-0.3, -0.25) is 0 Å². The van der Waals surface area contributed by atoms with Gasteiger partial charge in [0.1, 0.15) is 6.26 Å². The molecule has 1 aliphatic rings.